The van der Waals surface area contributed by atoms with Crippen LogP contribution in [0.4, 0.5) is 13.6 Å². The number of carbonyl (C=O) groups excluding carboxylic acids is 1. The van der Waals surface area contributed by atoms with Gasteiger partial charge in [-0.2, -0.15) is 0 Å². The quantitative estimate of drug-likeness (QED) is 0.784. The average molecular weight is 234 g/mol. The highest BCUT2D eigenvalue weighted by Crippen LogP contribution is 2.34. The van der Waals surface area contributed by atoms with E-state index in [4.69, 9.17) is 10.5 Å². The molecule has 0 aromatic heterocycles. The zero-order chi connectivity index (χ0) is 11.8. The van der Waals surface area contributed by atoms with Crippen LogP contribution < -0.4 is 5.73 Å². The first-order valence-corrected chi connectivity index (χ1v) is 5.54. The topological polar surface area (TPSA) is 55.6 Å². The molecule has 0 aromatic rings. The number of carbonyl (C=O) groups is 1. The molecule has 1 heterocycles. The second kappa shape index (κ2) is 4.16. The van der Waals surface area contributed by atoms with Crippen molar-refractivity contribution >= 4 is 6.09 Å². The van der Waals surface area contributed by atoms with Crippen LogP contribution in [0, 0.1) is 0 Å². The Labute approximate surface area is 92.7 Å². The van der Waals surface area contributed by atoms with E-state index in [0.29, 0.717) is 0 Å². The molecule has 0 aromatic carbocycles. The number of nitrogens with two attached hydrogens (primary N) is 1. The molecule has 1 aliphatic heterocycles. The van der Waals surface area contributed by atoms with Gasteiger partial charge in [-0.15, -0.1) is 0 Å². The van der Waals surface area contributed by atoms with Crippen molar-refractivity contribution in [2.75, 3.05) is 13.1 Å². The third-order valence-electron chi connectivity index (χ3n) is 3.31. The fourth-order valence-electron chi connectivity index (χ4n) is 2.50. The Kier molecular flexibility index (Phi) is 3.01. The molecule has 0 bridgehead atoms. The van der Waals surface area contributed by atoms with E-state index in [1.807, 2.05) is 0 Å². The summed E-state index contributed by atoms with van der Waals surface area (Å²) in [7, 11) is 0. The van der Waals surface area contributed by atoms with Gasteiger partial charge in [0.2, 0.25) is 0 Å². The van der Waals surface area contributed by atoms with Crippen LogP contribution in [-0.4, -0.2) is 42.2 Å². The molecule has 1 saturated heterocycles. The first-order chi connectivity index (χ1) is 7.46. The van der Waals surface area contributed by atoms with Crippen LogP contribution in [0.5, 0.6) is 0 Å². The first kappa shape index (κ1) is 11.6. The molecule has 2 fully saturated rings. The maximum absolute atomic E-state index is 12.7. The smallest absolute Gasteiger partial charge is 0.404 e. The zero-order valence-electron chi connectivity index (χ0n) is 8.99. The van der Waals surface area contributed by atoms with Gasteiger partial charge in [-0.25, -0.2) is 13.6 Å². The van der Waals surface area contributed by atoms with Gasteiger partial charge in [-0.3, -0.25) is 4.90 Å². The van der Waals surface area contributed by atoms with E-state index in [9.17, 15) is 13.6 Å². The standard InChI is InChI=1S/C10H16F2N2O2/c11-10(12)5-14(6-10)7-1-3-8(4-2-7)16-9(13)15/h7-8H,1-6H2,(H2,13,15)/t7-,8+. The van der Waals surface area contributed by atoms with Gasteiger partial charge in [0, 0.05) is 6.04 Å². The highest BCUT2D eigenvalue weighted by molar-refractivity contribution is 5.64. The summed E-state index contributed by atoms with van der Waals surface area (Å²) in [6.07, 6.45) is 2.16. The number of ether oxygens (including phenoxy) is 1. The van der Waals surface area contributed by atoms with E-state index in [1.54, 1.807) is 4.90 Å². The Hall–Kier alpha value is -0.910. The van der Waals surface area contributed by atoms with Gasteiger partial charge < -0.3 is 10.5 Å². The maximum Gasteiger partial charge on any atom is 0.404 e. The number of likely N-dealkylation sites (tertiary alicyclic amines) is 1. The lowest BCUT2D eigenvalue weighted by molar-refractivity contribution is -0.151. The molecule has 2 aliphatic rings. The molecule has 2 N–H and O–H groups in total. The normalized spacial score (nSPS) is 34.1. The van der Waals surface area contributed by atoms with Crippen LogP contribution in [-0.2, 0) is 4.74 Å². The third-order valence-corrected chi connectivity index (χ3v) is 3.31. The predicted molar refractivity (Wildman–Crippen MR) is 53.2 cm³/mol. The molecule has 0 radical (unpaired) electrons. The van der Waals surface area contributed by atoms with Gasteiger partial charge in [0.05, 0.1) is 13.1 Å². The molecular weight excluding hydrogens is 218 g/mol. The minimum atomic E-state index is -2.50. The molecule has 1 saturated carbocycles. The summed E-state index contributed by atoms with van der Waals surface area (Å²) in [6, 6.07) is 0.215. The Morgan fingerprint density at radius 1 is 1.25 bits per heavy atom. The van der Waals surface area contributed by atoms with Crippen molar-refractivity contribution in [2.24, 2.45) is 5.73 Å². The summed E-state index contributed by atoms with van der Waals surface area (Å²) < 4.78 is 30.2. The van der Waals surface area contributed by atoms with Crippen LogP contribution in [0.25, 0.3) is 0 Å². The summed E-state index contributed by atoms with van der Waals surface area (Å²) >= 11 is 0. The molecule has 0 spiro atoms. The van der Waals surface area contributed by atoms with E-state index in [2.05, 4.69) is 0 Å². The summed E-state index contributed by atoms with van der Waals surface area (Å²) in [4.78, 5) is 12.3. The largest absolute Gasteiger partial charge is 0.446 e. The molecule has 1 amide bonds. The monoisotopic (exact) mass is 234 g/mol. The Morgan fingerprint density at radius 2 is 1.81 bits per heavy atom. The molecule has 1 aliphatic carbocycles. The second-order valence-corrected chi connectivity index (χ2v) is 4.63. The van der Waals surface area contributed by atoms with Crippen molar-refractivity contribution in [3.63, 3.8) is 0 Å². The van der Waals surface area contributed by atoms with Crippen molar-refractivity contribution in [1.29, 1.82) is 0 Å². The SMILES string of the molecule is NC(=O)O[C@H]1CC[C@@H](N2CC(F)(F)C2)CC1. The summed E-state index contributed by atoms with van der Waals surface area (Å²) in [6.45, 7) is -0.252. The molecule has 4 nitrogen and oxygen atoms in total. The summed E-state index contributed by atoms with van der Waals surface area (Å²) in [5.41, 5.74) is 4.92. The fraction of sp³-hybridized carbons (Fsp3) is 0.900. The van der Waals surface area contributed by atoms with Crippen LogP contribution in [0.3, 0.4) is 0 Å². The minimum Gasteiger partial charge on any atom is -0.446 e. The fourth-order valence-corrected chi connectivity index (χ4v) is 2.50. The zero-order valence-corrected chi connectivity index (χ0v) is 8.99. The van der Waals surface area contributed by atoms with Crippen molar-refractivity contribution in [2.45, 2.75) is 43.8 Å². The highest BCUT2D eigenvalue weighted by Gasteiger charge is 2.47. The number of primary amides is 1. The van der Waals surface area contributed by atoms with Crippen LogP contribution in [0.15, 0.2) is 0 Å². The highest BCUT2D eigenvalue weighted by atomic mass is 19.3. The lowest BCUT2D eigenvalue weighted by Crippen LogP contribution is -2.60. The van der Waals surface area contributed by atoms with Crippen molar-refractivity contribution in [3.05, 3.63) is 0 Å². The Bertz CT molecular complexity index is 270. The number of nitrogens with zero attached hydrogens (tertiary/aromatic N) is 1. The van der Waals surface area contributed by atoms with Crippen LogP contribution in [0.1, 0.15) is 25.7 Å². The van der Waals surface area contributed by atoms with Crippen molar-refractivity contribution < 1.29 is 18.3 Å². The molecule has 0 unspecified atom stereocenters. The molecule has 16 heavy (non-hydrogen) atoms. The molecular formula is C10H16F2N2O2. The minimum absolute atomic E-state index is 0.126. The van der Waals surface area contributed by atoms with E-state index in [-0.39, 0.29) is 25.2 Å². The predicted octanol–water partition coefficient (Wildman–Crippen LogP) is 1.34. The summed E-state index contributed by atoms with van der Waals surface area (Å²) in [5, 5.41) is 0. The molecule has 6 heteroatoms. The van der Waals surface area contributed by atoms with Crippen molar-refractivity contribution in [3.8, 4) is 0 Å². The first-order valence-electron chi connectivity index (χ1n) is 5.54. The number of hydrogen-bond acceptors (Lipinski definition) is 3. The third kappa shape index (κ3) is 2.61. The summed E-state index contributed by atoms with van der Waals surface area (Å²) in [5.74, 6) is -2.50. The maximum atomic E-state index is 12.7. The molecule has 0 atom stereocenters. The Balaban J connectivity index is 1.72. The lowest BCUT2D eigenvalue weighted by atomic mass is 9.89. The van der Waals surface area contributed by atoms with Gasteiger partial charge in [0.25, 0.3) is 5.92 Å². The Morgan fingerprint density at radius 3 is 2.25 bits per heavy atom. The number of rotatable bonds is 2. The van der Waals surface area contributed by atoms with E-state index < -0.39 is 12.0 Å². The number of alkyl halides is 2. The molecule has 2 rings (SSSR count). The van der Waals surface area contributed by atoms with Gasteiger partial charge in [-0.1, -0.05) is 0 Å². The van der Waals surface area contributed by atoms with E-state index >= 15 is 0 Å². The van der Waals surface area contributed by atoms with Crippen LogP contribution in [0.2, 0.25) is 0 Å². The van der Waals surface area contributed by atoms with Gasteiger partial charge in [0.15, 0.2) is 0 Å². The van der Waals surface area contributed by atoms with Gasteiger partial charge in [0.1, 0.15) is 6.10 Å². The van der Waals surface area contributed by atoms with Gasteiger partial charge >= 0.3 is 6.09 Å². The van der Waals surface area contributed by atoms with Crippen molar-refractivity contribution in [1.82, 2.24) is 4.90 Å². The lowest BCUT2D eigenvalue weighted by Gasteiger charge is -2.45. The molecule has 92 valence electrons. The number of hydrogen-bond donors (Lipinski definition) is 1. The van der Waals surface area contributed by atoms with Crippen LogP contribution >= 0.6 is 0 Å². The van der Waals surface area contributed by atoms with E-state index in [1.165, 1.54) is 0 Å². The second-order valence-electron chi connectivity index (χ2n) is 4.63. The van der Waals surface area contributed by atoms with E-state index in [0.717, 1.165) is 25.7 Å². The number of halogens is 2. The number of amides is 1. The average Bonchev–Trinajstić information content (AvgIpc) is 2.14. The van der Waals surface area contributed by atoms with Gasteiger partial charge in [-0.05, 0) is 25.7 Å².